The number of carboxylic acid groups (broad SMARTS) is 1. The van der Waals surface area contributed by atoms with Crippen molar-refractivity contribution in [1.82, 2.24) is 0 Å². The highest BCUT2D eigenvalue weighted by Gasteiger charge is 2.19. The number of hydrogen-bond donors (Lipinski definition) is 3. The summed E-state index contributed by atoms with van der Waals surface area (Å²) in [7, 11) is 0. The molecule has 0 amide bonds. The fourth-order valence-corrected chi connectivity index (χ4v) is 1.29. The molecule has 0 aliphatic rings. The molecule has 0 saturated heterocycles. The van der Waals surface area contributed by atoms with Gasteiger partial charge in [0.2, 0.25) is 0 Å². The van der Waals surface area contributed by atoms with E-state index in [9.17, 15) is 14.9 Å². The first kappa shape index (κ1) is 11.3. The van der Waals surface area contributed by atoms with E-state index in [4.69, 9.17) is 10.8 Å². The van der Waals surface area contributed by atoms with Crippen LogP contribution >= 0.6 is 12.6 Å². The van der Waals surface area contributed by atoms with Crippen LogP contribution in [0.1, 0.15) is 10.8 Å². The van der Waals surface area contributed by atoms with Crippen LogP contribution in [0.15, 0.2) is 18.2 Å². The lowest BCUT2D eigenvalue weighted by Crippen LogP contribution is -2.08. The lowest BCUT2D eigenvalue weighted by molar-refractivity contribution is -0.384. The van der Waals surface area contributed by atoms with Gasteiger partial charge in [-0.2, -0.15) is 12.6 Å². The summed E-state index contributed by atoms with van der Waals surface area (Å²) in [6, 6.07) is 3.60. The number of hydrogen-bond acceptors (Lipinski definition) is 5. The number of thiol groups is 1. The molecule has 6 nitrogen and oxygen atoms in total. The zero-order chi connectivity index (χ0) is 11.6. The maximum atomic E-state index is 10.6. The van der Waals surface area contributed by atoms with Crippen LogP contribution in [0.4, 0.5) is 11.4 Å². The van der Waals surface area contributed by atoms with Gasteiger partial charge in [0.15, 0.2) is 0 Å². The molecule has 0 spiro atoms. The summed E-state index contributed by atoms with van der Waals surface area (Å²) in [4.78, 5) is 20.4. The number of carbonyl (C=O) groups is 1. The van der Waals surface area contributed by atoms with Crippen LogP contribution in [0.25, 0.3) is 0 Å². The first-order chi connectivity index (χ1) is 6.93. The van der Waals surface area contributed by atoms with Gasteiger partial charge in [0.25, 0.3) is 5.69 Å². The highest BCUT2D eigenvalue weighted by Crippen LogP contribution is 2.28. The lowest BCUT2D eigenvalue weighted by atomic mass is 10.1. The third kappa shape index (κ3) is 2.38. The minimum Gasteiger partial charge on any atom is -0.480 e. The van der Waals surface area contributed by atoms with Gasteiger partial charge in [0.1, 0.15) is 5.25 Å². The van der Waals surface area contributed by atoms with E-state index in [2.05, 4.69) is 12.6 Å². The molecule has 3 N–H and O–H groups in total. The average molecular weight is 228 g/mol. The number of nitrogen functional groups attached to an aromatic ring is 1. The number of nitro benzene ring substituents is 1. The van der Waals surface area contributed by atoms with Crippen LogP contribution in [0.5, 0.6) is 0 Å². The molecule has 0 aromatic heterocycles. The first-order valence-corrected chi connectivity index (χ1v) is 4.40. The maximum Gasteiger partial charge on any atom is 0.320 e. The molecule has 0 fully saturated rings. The van der Waals surface area contributed by atoms with E-state index in [1.165, 1.54) is 12.1 Å². The standard InChI is InChI=1S/C8H8N2O4S/c9-6-3-4(10(13)14)1-2-5(6)7(15)8(11)12/h1-3,7,15H,9H2,(H,11,12). The molecular weight excluding hydrogens is 220 g/mol. The number of non-ortho nitro benzene ring substituents is 1. The van der Waals surface area contributed by atoms with E-state index < -0.39 is 16.1 Å². The van der Waals surface area contributed by atoms with Crippen molar-refractivity contribution in [3.8, 4) is 0 Å². The second-order valence-corrected chi connectivity index (χ2v) is 3.33. The van der Waals surface area contributed by atoms with Crippen LogP contribution in [-0.2, 0) is 4.79 Å². The Morgan fingerprint density at radius 2 is 2.20 bits per heavy atom. The normalized spacial score (nSPS) is 12.1. The molecule has 0 heterocycles. The van der Waals surface area contributed by atoms with Crippen LogP contribution in [-0.4, -0.2) is 16.0 Å². The summed E-state index contributed by atoms with van der Waals surface area (Å²) >= 11 is 3.82. The van der Waals surface area contributed by atoms with Gasteiger partial charge in [0.05, 0.1) is 4.92 Å². The molecule has 15 heavy (non-hydrogen) atoms. The topological polar surface area (TPSA) is 106 Å². The summed E-state index contributed by atoms with van der Waals surface area (Å²) in [6.45, 7) is 0. The highest BCUT2D eigenvalue weighted by molar-refractivity contribution is 7.81. The molecule has 1 unspecified atom stereocenters. The van der Waals surface area contributed by atoms with Gasteiger partial charge >= 0.3 is 5.97 Å². The number of nitro groups is 1. The number of carboxylic acids is 1. The number of nitrogens with two attached hydrogens (primary N) is 1. The van der Waals surface area contributed by atoms with Crippen molar-refractivity contribution in [2.75, 3.05) is 5.73 Å². The van der Waals surface area contributed by atoms with Crippen molar-refractivity contribution in [2.24, 2.45) is 0 Å². The summed E-state index contributed by atoms with van der Waals surface area (Å²) < 4.78 is 0. The van der Waals surface area contributed by atoms with Crippen molar-refractivity contribution in [1.29, 1.82) is 0 Å². The number of rotatable bonds is 3. The van der Waals surface area contributed by atoms with Crippen molar-refractivity contribution >= 4 is 30.0 Å². The van der Waals surface area contributed by atoms with Crippen molar-refractivity contribution < 1.29 is 14.8 Å². The van der Waals surface area contributed by atoms with Crippen molar-refractivity contribution in [3.63, 3.8) is 0 Å². The predicted octanol–water partition coefficient (Wildman–Crippen LogP) is 1.23. The van der Waals surface area contributed by atoms with Crippen LogP contribution in [0.2, 0.25) is 0 Å². The molecule has 1 aromatic carbocycles. The summed E-state index contributed by atoms with van der Waals surface area (Å²) in [5.41, 5.74) is 5.60. The maximum absolute atomic E-state index is 10.6. The molecule has 1 rings (SSSR count). The summed E-state index contributed by atoms with van der Waals surface area (Å²) in [5, 5.41) is 18.0. The zero-order valence-electron chi connectivity index (χ0n) is 7.45. The second-order valence-electron chi connectivity index (χ2n) is 2.81. The van der Waals surface area contributed by atoms with Gasteiger partial charge in [-0.1, -0.05) is 0 Å². The Bertz CT molecular complexity index is 421. The molecule has 0 saturated carbocycles. The van der Waals surface area contributed by atoms with Crippen molar-refractivity contribution in [2.45, 2.75) is 5.25 Å². The molecule has 0 aliphatic heterocycles. The fourth-order valence-electron chi connectivity index (χ4n) is 1.06. The average Bonchev–Trinajstić information content (AvgIpc) is 2.16. The molecule has 7 heteroatoms. The highest BCUT2D eigenvalue weighted by atomic mass is 32.1. The summed E-state index contributed by atoms with van der Waals surface area (Å²) in [6.07, 6.45) is 0. The molecule has 0 aliphatic carbocycles. The Labute approximate surface area is 90.3 Å². The van der Waals surface area contributed by atoms with Gasteiger partial charge < -0.3 is 10.8 Å². The third-order valence-corrected chi connectivity index (χ3v) is 2.31. The largest absolute Gasteiger partial charge is 0.480 e. The van der Waals surface area contributed by atoms with E-state index >= 15 is 0 Å². The second kappa shape index (κ2) is 4.18. The number of nitrogens with zero attached hydrogens (tertiary/aromatic N) is 1. The van der Waals surface area contributed by atoms with Crippen molar-refractivity contribution in [3.05, 3.63) is 33.9 Å². The van der Waals surface area contributed by atoms with Crippen LogP contribution < -0.4 is 5.73 Å². The first-order valence-electron chi connectivity index (χ1n) is 3.88. The predicted molar refractivity (Wildman–Crippen MR) is 56.9 cm³/mol. The van der Waals surface area contributed by atoms with E-state index in [0.717, 1.165) is 6.07 Å². The lowest BCUT2D eigenvalue weighted by Gasteiger charge is -2.08. The molecule has 80 valence electrons. The Morgan fingerprint density at radius 1 is 1.60 bits per heavy atom. The number of aliphatic carboxylic acids is 1. The number of benzene rings is 1. The molecular formula is C8H8N2O4S. The minimum atomic E-state index is -1.15. The zero-order valence-corrected chi connectivity index (χ0v) is 8.35. The van der Waals surface area contributed by atoms with E-state index in [-0.39, 0.29) is 16.9 Å². The Kier molecular flexibility index (Phi) is 3.15. The van der Waals surface area contributed by atoms with Gasteiger partial charge in [-0.15, -0.1) is 0 Å². The van der Waals surface area contributed by atoms with Gasteiger partial charge in [0, 0.05) is 17.8 Å². The smallest absolute Gasteiger partial charge is 0.320 e. The third-order valence-electron chi connectivity index (χ3n) is 1.81. The van der Waals surface area contributed by atoms with Gasteiger partial charge in [-0.05, 0) is 11.6 Å². The van der Waals surface area contributed by atoms with E-state index in [1.807, 2.05) is 0 Å². The SMILES string of the molecule is Nc1cc([N+](=O)[O-])ccc1C(S)C(=O)O. The van der Waals surface area contributed by atoms with Gasteiger partial charge in [-0.3, -0.25) is 14.9 Å². The quantitative estimate of drug-likeness (QED) is 0.312. The minimum absolute atomic E-state index is 0.0478. The molecule has 0 radical (unpaired) electrons. The number of anilines is 1. The molecule has 0 bridgehead atoms. The fraction of sp³-hybridized carbons (Fsp3) is 0.125. The Hall–Kier alpha value is -1.76. The monoisotopic (exact) mass is 228 g/mol. The Balaban J connectivity index is 3.13. The van der Waals surface area contributed by atoms with E-state index in [1.54, 1.807) is 0 Å². The van der Waals surface area contributed by atoms with Crippen LogP contribution in [0.3, 0.4) is 0 Å². The molecule has 1 aromatic rings. The summed E-state index contributed by atoms with van der Waals surface area (Å²) in [5.74, 6) is -1.15. The molecule has 1 atom stereocenters. The van der Waals surface area contributed by atoms with Crippen LogP contribution in [0, 0.1) is 10.1 Å². The Morgan fingerprint density at radius 3 is 2.60 bits per heavy atom. The van der Waals surface area contributed by atoms with E-state index in [0.29, 0.717) is 0 Å². The van der Waals surface area contributed by atoms with Gasteiger partial charge in [-0.25, -0.2) is 0 Å².